The average Bonchev–Trinajstić information content (AvgIpc) is 0.747. The highest BCUT2D eigenvalue weighted by molar-refractivity contribution is 5.87. The lowest BCUT2D eigenvalue weighted by molar-refractivity contribution is -0.305. The van der Waals surface area contributed by atoms with Crippen molar-refractivity contribution in [2.45, 2.75) is 294 Å². The van der Waals surface area contributed by atoms with Crippen LogP contribution in [0.1, 0.15) is 217 Å². The molecule has 15 aliphatic rings. The van der Waals surface area contributed by atoms with Crippen LogP contribution in [0.5, 0.6) is 0 Å². The van der Waals surface area contributed by atoms with E-state index in [2.05, 4.69) is 33.6 Å². The van der Waals surface area contributed by atoms with E-state index in [-0.39, 0.29) is 123 Å². The molecule has 3 heterocycles. The number of carbonyl (C=O) groups is 6. The molecule has 8 atom stereocenters. The van der Waals surface area contributed by atoms with Gasteiger partial charge >= 0.3 is 35.8 Å². The molecule has 0 aromatic heterocycles. The summed E-state index contributed by atoms with van der Waals surface area (Å²) in [6, 6.07) is 0. The standard InChI is InChI=1S/C25H38O6.C24H36O6.C23H34O7/c1-6-25(18-8-16-7-17(10-18)11-19(25)9-16)31-22(26)13-20-12-21(30-24(4,5)29-20)14-28-23(27)15(2)3;1-14(2)22(26)27-13-20-11-19(28-23(3,4)29-20)12-21(25)30-24(5)17-7-15-6-16(9-17)10-18(24)8-15;1-13(2)21(26)27-12-18-7-17(28-22(3,4)29-18)8-19(24)30-23-9-14-5-15(10-23)20(25)16(6-14)11-23/h16-21H,2,6-14H2,1,3-5H3;15-20H,1,6-13H2,2-5H3;14-18,20,25H,1,5-12H2,2-4H3. The molecule has 0 radical (unpaired) electrons. The topological polar surface area (TPSA) is 233 Å². The molecular formula is C72H108O19. The fourth-order valence-electron chi connectivity index (χ4n) is 19.7. The monoisotopic (exact) mass is 1280 g/mol. The Hall–Kier alpha value is -4.24. The number of aliphatic hydroxyl groups is 1. The summed E-state index contributed by atoms with van der Waals surface area (Å²) in [4.78, 5) is 74.0. The molecule has 3 saturated heterocycles. The quantitative estimate of drug-likeness (QED) is 0.0719. The first-order valence-corrected chi connectivity index (χ1v) is 34.6. The molecule has 19 nitrogen and oxygen atoms in total. The van der Waals surface area contributed by atoms with Gasteiger partial charge in [0.05, 0.1) is 62.0 Å². The second kappa shape index (κ2) is 27.5. The molecule has 12 bridgehead atoms. The van der Waals surface area contributed by atoms with E-state index in [0.717, 1.165) is 62.2 Å². The van der Waals surface area contributed by atoms with Crippen molar-refractivity contribution in [1.29, 1.82) is 0 Å². The predicted molar refractivity (Wildman–Crippen MR) is 333 cm³/mol. The third kappa shape index (κ3) is 16.7. The summed E-state index contributed by atoms with van der Waals surface area (Å²) in [5.74, 6) is 1.91. The summed E-state index contributed by atoms with van der Waals surface area (Å²) in [6.07, 6.45) is 17.6. The fourth-order valence-corrected chi connectivity index (χ4v) is 19.7. The van der Waals surface area contributed by atoms with E-state index >= 15 is 0 Å². The smallest absolute Gasteiger partial charge is 0.333 e. The van der Waals surface area contributed by atoms with Gasteiger partial charge in [0.2, 0.25) is 0 Å². The Labute approximate surface area is 540 Å². The molecule has 1 N–H and O–H groups in total. The Morgan fingerprint density at radius 2 is 0.725 bits per heavy atom. The average molecular weight is 1280 g/mol. The van der Waals surface area contributed by atoms with E-state index in [1.165, 1.54) is 64.2 Å². The van der Waals surface area contributed by atoms with Gasteiger partial charge in [0.25, 0.3) is 0 Å². The highest BCUT2D eigenvalue weighted by Gasteiger charge is 2.61. The molecule has 15 fully saturated rings. The number of rotatable bonds is 19. The van der Waals surface area contributed by atoms with Gasteiger partial charge in [0, 0.05) is 36.0 Å². The first-order valence-electron chi connectivity index (χ1n) is 34.6. The van der Waals surface area contributed by atoms with Crippen LogP contribution in [0.4, 0.5) is 0 Å². The molecule has 0 aromatic rings. The van der Waals surface area contributed by atoms with Gasteiger partial charge < -0.3 is 61.9 Å². The van der Waals surface area contributed by atoms with Crippen LogP contribution in [0, 0.1) is 65.1 Å². The van der Waals surface area contributed by atoms with Crippen LogP contribution in [0.15, 0.2) is 36.5 Å². The first-order chi connectivity index (χ1) is 42.7. The molecule has 15 rings (SSSR count). The van der Waals surface area contributed by atoms with E-state index in [0.29, 0.717) is 65.6 Å². The second-order valence-electron chi connectivity index (χ2n) is 31.8. The van der Waals surface area contributed by atoms with Crippen LogP contribution in [0.2, 0.25) is 0 Å². The summed E-state index contributed by atoms with van der Waals surface area (Å²) >= 11 is 0. The van der Waals surface area contributed by atoms with Crippen molar-refractivity contribution >= 4 is 35.8 Å². The lowest BCUT2D eigenvalue weighted by Crippen LogP contribution is -2.59. The number of esters is 6. The summed E-state index contributed by atoms with van der Waals surface area (Å²) in [5.41, 5.74) is 0.00659. The van der Waals surface area contributed by atoms with Gasteiger partial charge in [-0.3, -0.25) is 14.4 Å². The normalized spacial score (nSPS) is 41.0. The van der Waals surface area contributed by atoms with E-state index in [1.807, 2.05) is 27.7 Å². The molecule has 0 spiro atoms. The van der Waals surface area contributed by atoms with Crippen molar-refractivity contribution in [3.63, 3.8) is 0 Å². The van der Waals surface area contributed by atoms with Crippen molar-refractivity contribution in [3.8, 4) is 0 Å². The van der Waals surface area contributed by atoms with Gasteiger partial charge in [-0.1, -0.05) is 26.7 Å². The maximum atomic E-state index is 13.1. The minimum Gasteiger partial charge on any atom is -0.460 e. The second-order valence-corrected chi connectivity index (χ2v) is 31.8. The van der Waals surface area contributed by atoms with Gasteiger partial charge in [-0.25, -0.2) is 14.4 Å². The van der Waals surface area contributed by atoms with Crippen molar-refractivity contribution in [2.75, 3.05) is 19.8 Å². The van der Waals surface area contributed by atoms with Crippen LogP contribution < -0.4 is 0 Å². The number of carbonyl (C=O) groups excluding carboxylic acids is 6. The summed E-state index contributed by atoms with van der Waals surface area (Å²) in [5, 5.41) is 10.4. The molecule has 0 aromatic carbocycles. The van der Waals surface area contributed by atoms with Crippen LogP contribution in [0.3, 0.4) is 0 Å². The molecule has 0 amide bonds. The van der Waals surface area contributed by atoms with E-state index in [1.54, 1.807) is 34.6 Å². The lowest BCUT2D eigenvalue weighted by atomic mass is 9.49. The summed E-state index contributed by atoms with van der Waals surface area (Å²) in [7, 11) is 0. The zero-order valence-electron chi connectivity index (χ0n) is 56.5. The lowest BCUT2D eigenvalue weighted by Gasteiger charge is -2.60. The zero-order valence-corrected chi connectivity index (χ0v) is 56.5. The highest BCUT2D eigenvalue weighted by atomic mass is 16.7. The molecule has 12 saturated carbocycles. The molecule has 91 heavy (non-hydrogen) atoms. The van der Waals surface area contributed by atoms with Crippen LogP contribution in [-0.2, 0) is 85.6 Å². The van der Waals surface area contributed by atoms with Gasteiger partial charge in [0.15, 0.2) is 17.4 Å². The third-order valence-electron chi connectivity index (χ3n) is 22.7. The largest absolute Gasteiger partial charge is 0.460 e. The first kappa shape index (κ1) is 69.6. The van der Waals surface area contributed by atoms with E-state index in [4.69, 9.17) is 56.8 Å². The van der Waals surface area contributed by atoms with Crippen molar-refractivity contribution in [2.24, 2.45) is 65.1 Å². The predicted octanol–water partition coefficient (Wildman–Crippen LogP) is 11.6. The van der Waals surface area contributed by atoms with Crippen LogP contribution in [0.25, 0.3) is 0 Å². The minimum atomic E-state index is -0.881. The zero-order chi connectivity index (χ0) is 65.8. The van der Waals surface area contributed by atoms with Crippen molar-refractivity contribution < 1.29 is 90.7 Å². The van der Waals surface area contributed by atoms with Gasteiger partial charge in [0.1, 0.15) is 36.6 Å². The molecule has 510 valence electrons. The van der Waals surface area contributed by atoms with E-state index in [9.17, 15) is 33.9 Å². The van der Waals surface area contributed by atoms with Crippen molar-refractivity contribution in [3.05, 3.63) is 36.5 Å². The Balaban J connectivity index is 0.000000150. The Kier molecular flexibility index (Phi) is 21.0. The molecular weight excluding hydrogens is 1170 g/mol. The van der Waals surface area contributed by atoms with Gasteiger partial charge in [-0.2, -0.15) is 0 Å². The van der Waals surface area contributed by atoms with Gasteiger partial charge in [-0.15, -0.1) is 0 Å². The van der Waals surface area contributed by atoms with Gasteiger partial charge in [-0.05, 0) is 237 Å². The number of hydrogen-bond donors (Lipinski definition) is 1. The molecule has 19 heteroatoms. The number of hydrogen-bond acceptors (Lipinski definition) is 19. The molecule has 8 unspecified atom stereocenters. The van der Waals surface area contributed by atoms with E-state index < -0.39 is 40.9 Å². The number of aliphatic hydroxyl groups excluding tert-OH is 1. The maximum Gasteiger partial charge on any atom is 0.333 e. The van der Waals surface area contributed by atoms with Crippen molar-refractivity contribution in [1.82, 2.24) is 0 Å². The maximum absolute atomic E-state index is 13.1. The Morgan fingerprint density at radius 1 is 0.407 bits per heavy atom. The summed E-state index contributed by atoms with van der Waals surface area (Å²) in [6.45, 7) is 31.1. The third-order valence-corrected chi connectivity index (χ3v) is 22.7. The Bertz CT molecular complexity index is 2650. The minimum absolute atomic E-state index is 0.0941. The Morgan fingerprint density at radius 3 is 1.07 bits per heavy atom. The molecule has 12 aliphatic carbocycles. The SMILES string of the molecule is C=C(C)C(=O)OCC1CC(CC(=O)OC2(C)C3CC4CC(C3)CC2C4)OC(C)(C)O1.C=C(C)C(=O)OCC1CC(CC(=O)OC2(CC)C3CC4CC(C3)CC2C4)OC(C)(C)O1.C=C(C)C(=O)OCC1CC(CC(=O)OC23CC4CC(C2)C(O)C(C4)C3)OC(C)(C)O1. The fraction of sp³-hybridized carbons (Fsp3) is 0.833. The molecule has 3 aliphatic heterocycles. The highest BCUT2D eigenvalue weighted by Crippen LogP contribution is 2.62. The summed E-state index contributed by atoms with van der Waals surface area (Å²) < 4.78 is 70.0. The van der Waals surface area contributed by atoms with Crippen LogP contribution >= 0.6 is 0 Å². The van der Waals surface area contributed by atoms with Crippen LogP contribution in [-0.4, -0.2) is 138 Å². The number of ether oxygens (including phenoxy) is 12.